The van der Waals surface area contributed by atoms with Gasteiger partial charge in [-0.15, -0.1) is 0 Å². The number of carbonyl (C=O) groups excluding carboxylic acids is 1. The van der Waals surface area contributed by atoms with Gasteiger partial charge >= 0.3 is 0 Å². The zero-order valence-corrected chi connectivity index (χ0v) is 12.9. The van der Waals surface area contributed by atoms with Crippen molar-refractivity contribution in [3.05, 3.63) is 11.8 Å². The first kappa shape index (κ1) is 17.0. The van der Waals surface area contributed by atoms with Gasteiger partial charge in [0.15, 0.2) is 5.76 Å². The lowest BCUT2D eigenvalue weighted by Gasteiger charge is -2.38. The lowest BCUT2D eigenvalue weighted by atomic mass is 9.78. The Balaban J connectivity index is 2.98. The van der Waals surface area contributed by atoms with Crippen LogP contribution in [0.25, 0.3) is 0 Å². The molecule has 0 radical (unpaired) electrons. The van der Waals surface area contributed by atoms with Gasteiger partial charge in [0.05, 0.1) is 0 Å². The Morgan fingerprint density at radius 1 is 1.55 bits per heavy atom. The van der Waals surface area contributed by atoms with Crippen molar-refractivity contribution in [3.8, 4) is 0 Å². The molecule has 0 bridgehead atoms. The Bertz CT molecular complexity index is 341. The number of ether oxygens (including phenoxy) is 2. The molecule has 1 aliphatic heterocycles. The summed E-state index contributed by atoms with van der Waals surface area (Å²) in [5, 5.41) is 11.6. The number of hydrogen-bond acceptors (Lipinski definition) is 4. The van der Waals surface area contributed by atoms with E-state index in [0.717, 1.165) is 6.42 Å². The number of aliphatic hydroxyl groups excluding tert-OH is 1. The second kappa shape index (κ2) is 8.27. The number of carbonyl (C=O) groups is 1. The first-order valence-electron chi connectivity index (χ1n) is 7.38. The summed E-state index contributed by atoms with van der Waals surface area (Å²) >= 11 is 0. The van der Waals surface area contributed by atoms with Crippen molar-refractivity contribution in [1.29, 1.82) is 0 Å². The first-order valence-corrected chi connectivity index (χ1v) is 7.38. The van der Waals surface area contributed by atoms with Crippen molar-refractivity contribution < 1.29 is 19.4 Å². The SMILES string of the molecule is CCO[C@@H]1OC(C(=O)NC)=C[C@H](C(C)C)[C@@H]1CCCO. The highest BCUT2D eigenvalue weighted by atomic mass is 16.7. The molecule has 5 nitrogen and oxygen atoms in total. The maximum absolute atomic E-state index is 11.8. The first-order chi connectivity index (χ1) is 9.54. The zero-order valence-electron chi connectivity index (χ0n) is 12.9. The highest BCUT2D eigenvalue weighted by Crippen LogP contribution is 2.36. The summed E-state index contributed by atoms with van der Waals surface area (Å²) in [7, 11) is 1.59. The minimum absolute atomic E-state index is 0.159. The van der Waals surface area contributed by atoms with Crippen molar-refractivity contribution >= 4 is 5.91 Å². The summed E-state index contributed by atoms with van der Waals surface area (Å²) in [6.07, 6.45) is 3.02. The zero-order chi connectivity index (χ0) is 15.1. The number of aliphatic hydroxyl groups is 1. The number of rotatable bonds is 7. The third-order valence-corrected chi connectivity index (χ3v) is 3.68. The summed E-state index contributed by atoms with van der Waals surface area (Å²) < 4.78 is 11.4. The maximum atomic E-state index is 11.8. The normalized spacial score (nSPS) is 26.1. The van der Waals surface area contributed by atoms with E-state index in [2.05, 4.69) is 19.2 Å². The molecule has 0 aromatic heterocycles. The molecule has 0 fully saturated rings. The fourth-order valence-corrected chi connectivity index (χ4v) is 2.65. The summed E-state index contributed by atoms with van der Waals surface area (Å²) in [6, 6.07) is 0. The summed E-state index contributed by atoms with van der Waals surface area (Å²) in [5.41, 5.74) is 0. The summed E-state index contributed by atoms with van der Waals surface area (Å²) in [4.78, 5) is 11.8. The van der Waals surface area contributed by atoms with Crippen molar-refractivity contribution in [3.63, 3.8) is 0 Å². The molecule has 0 saturated carbocycles. The maximum Gasteiger partial charge on any atom is 0.285 e. The molecule has 1 rings (SSSR count). The molecule has 0 saturated heterocycles. The molecular weight excluding hydrogens is 258 g/mol. The fraction of sp³-hybridized carbons (Fsp3) is 0.800. The topological polar surface area (TPSA) is 67.8 Å². The van der Waals surface area contributed by atoms with E-state index < -0.39 is 6.29 Å². The van der Waals surface area contributed by atoms with E-state index in [1.807, 2.05) is 13.0 Å². The van der Waals surface area contributed by atoms with Gasteiger partial charge in [-0.25, -0.2) is 0 Å². The molecule has 1 aliphatic rings. The Morgan fingerprint density at radius 2 is 2.25 bits per heavy atom. The molecular formula is C15H27NO4. The van der Waals surface area contributed by atoms with Crippen LogP contribution in [0.5, 0.6) is 0 Å². The Morgan fingerprint density at radius 3 is 2.75 bits per heavy atom. The van der Waals surface area contributed by atoms with Gasteiger partial charge in [-0.3, -0.25) is 4.79 Å². The molecule has 1 heterocycles. The average molecular weight is 285 g/mol. The smallest absolute Gasteiger partial charge is 0.285 e. The van der Waals surface area contributed by atoms with Crippen LogP contribution in [0.4, 0.5) is 0 Å². The molecule has 2 N–H and O–H groups in total. The van der Waals surface area contributed by atoms with Crippen LogP contribution in [-0.4, -0.2) is 37.6 Å². The molecule has 0 aromatic carbocycles. The van der Waals surface area contributed by atoms with Crippen molar-refractivity contribution in [2.24, 2.45) is 17.8 Å². The van der Waals surface area contributed by atoms with E-state index >= 15 is 0 Å². The van der Waals surface area contributed by atoms with Crippen LogP contribution in [0.15, 0.2) is 11.8 Å². The molecule has 0 spiro atoms. The number of allylic oxidation sites excluding steroid dienone is 1. The minimum Gasteiger partial charge on any atom is -0.459 e. The molecule has 20 heavy (non-hydrogen) atoms. The van der Waals surface area contributed by atoms with Gasteiger partial charge in [0.25, 0.3) is 5.91 Å². The van der Waals surface area contributed by atoms with E-state index in [1.54, 1.807) is 7.05 Å². The predicted molar refractivity (Wildman–Crippen MR) is 76.8 cm³/mol. The third-order valence-electron chi connectivity index (χ3n) is 3.68. The molecule has 116 valence electrons. The molecule has 3 atom stereocenters. The van der Waals surface area contributed by atoms with Gasteiger partial charge in [0.2, 0.25) is 6.29 Å². The molecule has 1 amide bonds. The van der Waals surface area contributed by atoms with Crippen LogP contribution in [0.1, 0.15) is 33.6 Å². The number of hydrogen-bond donors (Lipinski definition) is 2. The fourth-order valence-electron chi connectivity index (χ4n) is 2.65. The van der Waals surface area contributed by atoms with Crippen LogP contribution in [-0.2, 0) is 14.3 Å². The van der Waals surface area contributed by atoms with E-state index in [1.165, 1.54) is 0 Å². The van der Waals surface area contributed by atoms with Gasteiger partial charge in [0.1, 0.15) is 0 Å². The summed E-state index contributed by atoms with van der Waals surface area (Å²) in [5.74, 6) is 0.866. The van der Waals surface area contributed by atoms with E-state index in [9.17, 15) is 4.79 Å². The number of amides is 1. The van der Waals surface area contributed by atoms with Crippen LogP contribution in [0, 0.1) is 17.8 Å². The van der Waals surface area contributed by atoms with Crippen molar-refractivity contribution in [2.75, 3.05) is 20.3 Å². The van der Waals surface area contributed by atoms with Crippen LogP contribution < -0.4 is 5.32 Å². The number of nitrogens with one attached hydrogen (secondary N) is 1. The second-order valence-electron chi connectivity index (χ2n) is 5.40. The van der Waals surface area contributed by atoms with Crippen LogP contribution in [0.3, 0.4) is 0 Å². The van der Waals surface area contributed by atoms with E-state index in [4.69, 9.17) is 14.6 Å². The molecule has 0 aromatic rings. The average Bonchev–Trinajstić information content (AvgIpc) is 2.44. The third kappa shape index (κ3) is 4.21. The standard InChI is InChI=1S/C15H27NO4/c1-5-19-15-11(7-6-8-17)12(10(2)3)9-13(20-15)14(18)16-4/h9-12,15,17H,5-8H2,1-4H3,(H,16,18)/t11-,12+,15+/m0/s1. The van der Waals surface area contributed by atoms with Gasteiger partial charge in [0, 0.05) is 26.2 Å². The molecule has 0 unspecified atom stereocenters. The van der Waals surface area contributed by atoms with Crippen LogP contribution >= 0.6 is 0 Å². The van der Waals surface area contributed by atoms with Gasteiger partial charge in [-0.2, -0.15) is 0 Å². The Kier molecular flexibility index (Phi) is 7.02. The predicted octanol–water partition coefficient (Wildman–Crippen LogP) is 1.67. The number of likely N-dealkylation sites (N-methyl/N-ethyl adjacent to an activating group) is 1. The van der Waals surface area contributed by atoms with Crippen molar-refractivity contribution in [1.82, 2.24) is 5.32 Å². The molecule has 0 aliphatic carbocycles. The van der Waals surface area contributed by atoms with E-state index in [-0.39, 0.29) is 24.3 Å². The van der Waals surface area contributed by atoms with Gasteiger partial charge in [-0.1, -0.05) is 13.8 Å². The minimum atomic E-state index is -0.420. The molecule has 5 heteroatoms. The lowest BCUT2D eigenvalue weighted by molar-refractivity contribution is -0.175. The van der Waals surface area contributed by atoms with Gasteiger partial charge < -0.3 is 19.9 Å². The van der Waals surface area contributed by atoms with Gasteiger partial charge in [-0.05, 0) is 37.7 Å². The Hall–Kier alpha value is -1.07. The van der Waals surface area contributed by atoms with E-state index in [0.29, 0.717) is 24.7 Å². The Labute approximate surface area is 121 Å². The summed E-state index contributed by atoms with van der Waals surface area (Å²) in [6.45, 7) is 6.86. The lowest BCUT2D eigenvalue weighted by Crippen LogP contribution is -2.40. The highest BCUT2D eigenvalue weighted by molar-refractivity contribution is 5.91. The second-order valence-corrected chi connectivity index (χ2v) is 5.40. The quantitative estimate of drug-likeness (QED) is 0.746. The highest BCUT2D eigenvalue weighted by Gasteiger charge is 2.37. The largest absolute Gasteiger partial charge is 0.459 e. The van der Waals surface area contributed by atoms with Crippen LogP contribution in [0.2, 0.25) is 0 Å². The van der Waals surface area contributed by atoms with Crippen molar-refractivity contribution in [2.45, 2.75) is 39.9 Å². The monoisotopic (exact) mass is 285 g/mol.